The molecule has 0 aromatic carbocycles. The maximum Gasteiger partial charge on any atom is 0.472 e. The summed E-state index contributed by atoms with van der Waals surface area (Å²) in [6.07, 6.45) is 28.6. The van der Waals surface area contributed by atoms with E-state index in [1.165, 1.54) is 51.4 Å². The first-order chi connectivity index (χ1) is 28.4. The number of aliphatic hydroxyl groups excluding tert-OH is 5. The highest BCUT2D eigenvalue weighted by molar-refractivity contribution is 7.47. The predicted octanol–water partition coefficient (Wildman–Crippen LogP) is 8.16. The Labute approximate surface area is 353 Å². The van der Waals surface area contributed by atoms with E-state index in [9.17, 15) is 44.6 Å². The zero-order chi connectivity index (χ0) is 43.6. The third-order valence-corrected chi connectivity index (χ3v) is 10.8. The van der Waals surface area contributed by atoms with Gasteiger partial charge in [-0.05, 0) is 77.0 Å². The van der Waals surface area contributed by atoms with Crippen LogP contribution < -0.4 is 0 Å². The van der Waals surface area contributed by atoms with Crippen molar-refractivity contribution in [3.63, 3.8) is 0 Å². The summed E-state index contributed by atoms with van der Waals surface area (Å²) in [4.78, 5) is 35.6. The van der Waals surface area contributed by atoms with Crippen molar-refractivity contribution in [3.8, 4) is 0 Å². The molecular formula is C45H77O13P. The van der Waals surface area contributed by atoms with Crippen molar-refractivity contribution in [2.75, 3.05) is 13.2 Å². The van der Waals surface area contributed by atoms with Crippen LogP contribution in [0, 0.1) is 0 Å². The van der Waals surface area contributed by atoms with E-state index in [1.54, 1.807) is 0 Å². The molecule has 0 saturated heterocycles. The van der Waals surface area contributed by atoms with E-state index in [4.69, 9.17) is 18.5 Å². The molecule has 13 nitrogen and oxygen atoms in total. The third-order valence-electron chi connectivity index (χ3n) is 9.84. The number of phosphoric ester groups is 1. The average Bonchev–Trinajstić information content (AvgIpc) is 3.21. The molecule has 0 bridgehead atoms. The summed E-state index contributed by atoms with van der Waals surface area (Å²) >= 11 is 0. The van der Waals surface area contributed by atoms with Crippen LogP contribution in [-0.2, 0) is 32.7 Å². The van der Waals surface area contributed by atoms with Crippen LogP contribution in [0.4, 0.5) is 0 Å². The second-order valence-electron chi connectivity index (χ2n) is 15.2. The van der Waals surface area contributed by atoms with Gasteiger partial charge in [0.05, 0.1) is 6.61 Å². The highest BCUT2D eigenvalue weighted by Crippen LogP contribution is 2.47. The second kappa shape index (κ2) is 35.2. The highest BCUT2D eigenvalue weighted by Gasteiger charge is 2.51. The number of esters is 2. The number of unbranched alkanes of at least 4 members (excludes halogenated alkanes) is 13. The Kier molecular flexibility index (Phi) is 32.5. The molecule has 1 saturated carbocycles. The first-order valence-corrected chi connectivity index (χ1v) is 23.6. The van der Waals surface area contributed by atoms with Crippen LogP contribution in [0.15, 0.2) is 60.8 Å². The van der Waals surface area contributed by atoms with Crippen LogP contribution in [0.1, 0.15) is 155 Å². The molecule has 14 heteroatoms. The fraction of sp³-hybridized carbons (Fsp3) is 0.733. The molecule has 0 spiro atoms. The lowest BCUT2D eigenvalue weighted by Crippen LogP contribution is -2.64. The van der Waals surface area contributed by atoms with E-state index >= 15 is 0 Å². The number of rotatable bonds is 35. The normalized spacial score (nSPS) is 22.9. The summed E-state index contributed by atoms with van der Waals surface area (Å²) in [5.74, 6) is -1.17. The molecule has 0 heterocycles. The molecule has 1 fully saturated rings. The average molecular weight is 857 g/mol. The first kappa shape index (κ1) is 54.6. The van der Waals surface area contributed by atoms with Gasteiger partial charge in [0.2, 0.25) is 0 Å². The van der Waals surface area contributed by atoms with Crippen LogP contribution in [-0.4, -0.2) is 98.3 Å². The zero-order valence-corrected chi connectivity index (χ0v) is 36.7. The Morgan fingerprint density at radius 1 is 0.542 bits per heavy atom. The minimum Gasteiger partial charge on any atom is -0.462 e. The van der Waals surface area contributed by atoms with E-state index in [1.807, 2.05) is 6.08 Å². The van der Waals surface area contributed by atoms with Gasteiger partial charge in [0.15, 0.2) is 6.10 Å². The standard InChI is InChI=1S/C45H77O13P/c1-3-5-7-9-11-13-15-17-19-21-23-25-27-29-31-33-38(46)55-35-37(36-56-59(53,54)58-45-43(51)41(49)40(48)42(50)44(45)52)57-39(47)34-32-30-28-26-24-22-20-18-16-14-12-10-8-6-4-2/h6,8,12,14,18,20-21,23-24,26,37,40-45,48-52H,3-5,7,9-11,13,15-17,19,22,25,27-36H2,1-2H3,(H,53,54)/b8-6+,14-12+,20-18+,23-21+,26-24+/t37-,40?,41-,42?,43?,44?,45?/m1/s1. The van der Waals surface area contributed by atoms with Gasteiger partial charge in [-0.1, -0.05) is 126 Å². The lowest BCUT2D eigenvalue weighted by atomic mass is 9.85. The van der Waals surface area contributed by atoms with Crippen LogP contribution >= 0.6 is 7.82 Å². The van der Waals surface area contributed by atoms with Gasteiger partial charge in [0, 0.05) is 12.8 Å². The Hall–Kier alpha value is -2.45. The molecule has 0 aromatic heterocycles. The number of phosphoric acid groups is 1. The number of aliphatic hydroxyl groups is 5. The van der Waals surface area contributed by atoms with Gasteiger partial charge >= 0.3 is 19.8 Å². The second-order valence-corrected chi connectivity index (χ2v) is 16.6. The van der Waals surface area contributed by atoms with Crippen molar-refractivity contribution >= 4 is 19.8 Å². The minimum atomic E-state index is -5.13. The zero-order valence-electron chi connectivity index (χ0n) is 35.8. The molecule has 6 N–H and O–H groups in total. The highest BCUT2D eigenvalue weighted by atomic mass is 31.2. The smallest absolute Gasteiger partial charge is 0.462 e. The minimum absolute atomic E-state index is 0.0391. The van der Waals surface area contributed by atoms with Gasteiger partial charge in [-0.25, -0.2) is 4.57 Å². The molecular weight excluding hydrogens is 779 g/mol. The van der Waals surface area contributed by atoms with Crippen LogP contribution in [0.3, 0.4) is 0 Å². The van der Waals surface area contributed by atoms with Crippen LogP contribution in [0.25, 0.3) is 0 Å². The molecule has 0 aliphatic heterocycles. The van der Waals surface area contributed by atoms with Gasteiger partial charge in [0.25, 0.3) is 0 Å². The van der Waals surface area contributed by atoms with Crippen molar-refractivity contribution in [2.45, 2.75) is 198 Å². The van der Waals surface area contributed by atoms with Gasteiger partial charge in [-0.15, -0.1) is 0 Å². The first-order valence-electron chi connectivity index (χ1n) is 22.1. The maximum atomic E-state index is 12.8. The molecule has 0 aromatic rings. The Morgan fingerprint density at radius 2 is 0.966 bits per heavy atom. The summed E-state index contributed by atoms with van der Waals surface area (Å²) in [5.41, 5.74) is 0. The summed E-state index contributed by atoms with van der Waals surface area (Å²) < 4.78 is 33.4. The maximum absolute atomic E-state index is 12.8. The largest absolute Gasteiger partial charge is 0.472 e. The van der Waals surface area contributed by atoms with Crippen molar-refractivity contribution in [2.24, 2.45) is 0 Å². The number of carbonyl (C=O) groups is 2. The summed E-state index contributed by atoms with van der Waals surface area (Å²) in [7, 11) is -5.13. The number of carbonyl (C=O) groups excluding carboxylic acids is 2. The van der Waals surface area contributed by atoms with Crippen LogP contribution in [0.5, 0.6) is 0 Å². The number of hydrogen-bond donors (Lipinski definition) is 6. The summed E-state index contributed by atoms with van der Waals surface area (Å²) in [6, 6.07) is 0. The Morgan fingerprint density at radius 3 is 1.53 bits per heavy atom. The number of hydrogen-bond acceptors (Lipinski definition) is 12. The molecule has 1 aliphatic carbocycles. The van der Waals surface area contributed by atoms with E-state index in [0.29, 0.717) is 19.3 Å². The molecule has 0 radical (unpaired) electrons. The Balaban J connectivity index is 2.53. The monoisotopic (exact) mass is 857 g/mol. The van der Waals surface area contributed by atoms with E-state index in [-0.39, 0.29) is 12.8 Å². The molecule has 340 valence electrons. The van der Waals surface area contributed by atoms with Crippen molar-refractivity contribution in [1.82, 2.24) is 0 Å². The molecule has 1 aliphatic rings. The summed E-state index contributed by atoms with van der Waals surface area (Å²) in [6.45, 7) is 3.12. The van der Waals surface area contributed by atoms with Gasteiger partial charge < -0.3 is 39.9 Å². The topological polar surface area (TPSA) is 210 Å². The number of allylic oxidation sites excluding steroid dienone is 10. The molecule has 0 amide bonds. The predicted molar refractivity (Wildman–Crippen MR) is 230 cm³/mol. The Bertz CT molecular complexity index is 1270. The van der Waals surface area contributed by atoms with Gasteiger partial charge in [-0.2, -0.15) is 0 Å². The molecule has 59 heavy (non-hydrogen) atoms. The van der Waals surface area contributed by atoms with Crippen molar-refractivity contribution in [1.29, 1.82) is 0 Å². The molecule has 8 atom stereocenters. The molecule has 6 unspecified atom stereocenters. The third kappa shape index (κ3) is 27.9. The molecule has 1 rings (SSSR count). The van der Waals surface area contributed by atoms with Gasteiger partial charge in [-0.3, -0.25) is 18.6 Å². The van der Waals surface area contributed by atoms with E-state index < -0.39 is 75.7 Å². The quantitative estimate of drug-likeness (QED) is 0.0154. The fourth-order valence-corrected chi connectivity index (χ4v) is 7.24. The van der Waals surface area contributed by atoms with Crippen molar-refractivity contribution in [3.05, 3.63) is 60.8 Å². The fourth-order valence-electron chi connectivity index (χ4n) is 6.27. The van der Waals surface area contributed by atoms with Crippen LogP contribution in [0.2, 0.25) is 0 Å². The van der Waals surface area contributed by atoms with Crippen molar-refractivity contribution < 1.29 is 63.1 Å². The number of ether oxygens (including phenoxy) is 2. The van der Waals surface area contributed by atoms with Gasteiger partial charge in [0.1, 0.15) is 43.2 Å². The van der Waals surface area contributed by atoms with E-state index in [0.717, 1.165) is 57.8 Å². The van der Waals surface area contributed by atoms with E-state index in [2.05, 4.69) is 68.5 Å². The SMILES string of the molecule is CC/C=C/C/C=C/C/C=C/C/C=C/CCCCC(=O)O[C@H](COC(=O)CCCCC/C=C/CCCCCCCCCC)COP(=O)(O)OC1C(O)C(O)C(O)[C@@H](O)C1O. The summed E-state index contributed by atoms with van der Waals surface area (Å²) in [5, 5.41) is 50.1. The lowest BCUT2D eigenvalue weighted by molar-refractivity contribution is -0.220. The lowest BCUT2D eigenvalue weighted by Gasteiger charge is -2.41.